The Bertz CT molecular complexity index is 492. The van der Waals surface area contributed by atoms with Crippen LogP contribution < -0.4 is 4.74 Å². The molecule has 1 atom stereocenters. The maximum Gasteiger partial charge on any atom is 0.119 e. The van der Waals surface area contributed by atoms with Crippen molar-refractivity contribution in [2.75, 3.05) is 6.61 Å². The molecular weight excluding hydrogens is 252 g/mol. The Hall–Kier alpha value is -1.81. The Balaban J connectivity index is 1.76. The van der Waals surface area contributed by atoms with Gasteiger partial charge in [0.15, 0.2) is 0 Å². The van der Waals surface area contributed by atoms with E-state index in [2.05, 4.69) is 9.97 Å². The van der Waals surface area contributed by atoms with Gasteiger partial charge in [-0.3, -0.25) is 0 Å². The zero-order chi connectivity index (χ0) is 14.4. The number of nitrogens with one attached hydrogen (secondary N) is 1. The molecular formula is C16H22N2O2. The number of aliphatic hydroxyl groups excluding tert-OH is 1. The predicted molar refractivity (Wildman–Crippen MR) is 78.6 cm³/mol. The number of rotatable bonds is 7. The lowest BCUT2D eigenvalue weighted by molar-refractivity contribution is 0.127. The van der Waals surface area contributed by atoms with Crippen LogP contribution in [0.15, 0.2) is 36.8 Å². The third kappa shape index (κ3) is 4.10. The van der Waals surface area contributed by atoms with Crippen LogP contribution in [0.4, 0.5) is 0 Å². The van der Waals surface area contributed by atoms with Crippen molar-refractivity contribution in [2.45, 2.75) is 32.8 Å². The van der Waals surface area contributed by atoms with Crippen LogP contribution in [-0.2, 0) is 6.42 Å². The second-order valence-electron chi connectivity index (χ2n) is 5.29. The number of aryl methyl sites for hydroxylation is 1. The maximum atomic E-state index is 9.96. The molecule has 108 valence electrons. The van der Waals surface area contributed by atoms with Crippen LogP contribution in [0, 0.1) is 5.92 Å². The van der Waals surface area contributed by atoms with Gasteiger partial charge in [0.25, 0.3) is 0 Å². The minimum Gasteiger partial charge on any atom is -0.494 e. The molecule has 20 heavy (non-hydrogen) atoms. The first kappa shape index (κ1) is 14.6. The summed E-state index contributed by atoms with van der Waals surface area (Å²) in [4.78, 5) is 7.05. The van der Waals surface area contributed by atoms with Crippen molar-refractivity contribution in [1.82, 2.24) is 9.97 Å². The van der Waals surface area contributed by atoms with Gasteiger partial charge >= 0.3 is 0 Å². The van der Waals surface area contributed by atoms with Crippen molar-refractivity contribution in [3.8, 4) is 5.75 Å². The lowest BCUT2D eigenvalue weighted by Gasteiger charge is -2.15. The highest BCUT2D eigenvalue weighted by Gasteiger charge is 2.11. The second kappa shape index (κ2) is 7.10. The van der Waals surface area contributed by atoms with E-state index in [0.29, 0.717) is 6.61 Å². The average Bonchev–Trinajstić information content (AvgIpc) is 2.96. The first-order chi connectivity index (χ1) is 9.66. The molecule has 1 aromatic carbocycles. The van der Waals surface area contributed by atoms with Crippen LogP contribution in [0.3, 0.4) is 0 Å². The predicted octanol–water partition coefficient (Wildman–Crippen LogP) is 3.11. The van der Waals surface area contributed by atoms with E-state index in [1.807, 2.05) is 44.3 Å². The Morgan fingerprint density at radius 2 is 2.00 bits per heavy atom. The van der Waals surface area contributed by atoms with Gasteiger partial charge in [0.2, 0.25) is 0 Å². The summed E-state index contributed by atoms with van der Waals surface area (Å²) in [6.07, 6.45) is 4.99. The van der Waals surface area contributed by atoms with Gasteiger partial charge in [-0.25, -0.2) is 4.98 Å². The molecule has 4 nitrogen and oxygen atoms in total. The lowest BCUT2D eigenvalue weighted by atomic mass is 9.99. The summed E-state index contributed by atoms with van der Waals surface area (Å²) in [5, 5.41) is 9.96. The highest BCUT2D eigenvalue weighted by atomic mass is 16.5. The van der Waals surface area contributed by atoms with Crippen molar-refractivity contribution >= 4 is 0 Å². The van der Waals surface area contributed by atoms with Crippen LogP contribution in [0.2, 0.25) is 0 Å². The standard InChI is InChI=1S/C16H22N2O2/c1-12(2)16(19)13-5-7-15(8-6-13)20-9-3-4-14-10-17-11-18-14/h5-8,10-12,16,19H,3-4,9H2,1-2H3,(H,17,18). The first-order valence-electron chi connectivity index (χ1n) is 7.05. The third-order valence-corrected chi connectivity index (χ3v) is 3.27. The van der Waals surface area contributed by atoms with E-state index >= 15 is 0 Å². The van der Waals surface area contributed by atoms with E-state index in [1.54, 1.807) is 6.33 Å². The number of aliphatic hydroxyl groups is 1. The molecule has 2 aromatic rings. The zero-order valence-electron chi connectivity index (χ0n) is 12.0. The van der Waals surface area contributed by atoms with Crippen molar-refractivity contribution < 1.29 is 9.84 Å². The van der Waals surface area contributed by atoms with Gasteiger partial charge in [0, 0.05) is 11.9 Å². The van der Waals surface area contributed by atoms with Crippen LogP contribution in [0.5, 0.6) is 5.75 Å². The van der Waals surface area contributed by atoms with Gasteiger partial charge in [-0.05, 0) is 36.5 Å². The summed E-state index contributed by atoms with van der Waals surface area (Å²) in [6.45, 7) is 4.68. The van der Waals surface area contributed by atoms with Crippen LogP contribution in [0.25, 0.3) is 0 Å². The fourth-order valence-corrected chi connectivity index (χ4v) is 2.02. The Morgan fingerprint density at radius 3 is 2.60 bits per heavy atom. The summed E-state index contributed by atoms with van der Waals surface area (Å²) < 4.78 is 5.68. The van der Waals surface area contributed by atoms with Crippen molar-refractivity contribution in [3.05, 3.63) is 48.0 Å². The molecule has 0 aliphatic carbocycles. The number of hydrogen-bond acceptors (Lipinski definition) is 3. The summed E-state index contributed by atoms with van der Waals surface area (Å²) >= 11 is 0. The maximum absolute atomic E-state index is 9.96. The van der Waals surface area contributed by atoms with E-state index < -0.39 is 6.10 Å². The Kier molecular flexibility index (Phi) is 5.18. The molecule has 0 aliphatic rings. The van der Waals surface area contributed by atoms with E-state index in [0.717, 1.165) is 29.8 Å². The van der Waals surface area contributed by atoms with E-state index in [1.165, 1.54) is 0 Å². The number of benzene rings is 1. The minimum atomic E-state index is -0.413. The van der Waals surface area contributed by atoms with E-state index in [9.17, 15) is 5.11 Å². The van der Waals surface area contributed by atoms with Gasteiger partial charge in [-0.2, -0.15) is 0 Å². The molecule has 2 N–H and O–H groups in total. The molecule has 1 aromatic heterocycles. The molecule has 1 heterocycles. The second-order valence-corrected chi connectivity index (χ2v) is 5.29. The fourth-order valence-electron chi connectivity index (χ4n) is 2.02. The monoisotopic (exact) mass is 274 g/mol. The zero-order valence-corrected chi connectivity index (χ0v) is 12.0. The summed E-state index contributed by atoms with van der Waals surface area (Å²) in [5.74, 6) is 1.06. The van der Waals surface area contributed by atoms with Gasteiger partial charge in [-0.1, -0.05) is 26.0 Å². The Labute approximate surface area is 119 Å². The SMILES string of the molecule is CC(C)C(O)c1ccc(OCCCc2cnc[nH]2)cc1. The smallest absolute Gasteiger partial charge is 0.119 e. The molecule has 0 aliphatic heterocycles. The molecule has 2 rings (SSSR count). The van der Waals surface area contributed by atoms with Gasteiger partial charge in [0.05, 0.1) is 19.0 Å². The highest BCUT2D eigenvalue weighted by Crippen LogP contribution is 2.23. The number of ether oxygens (including phenoxy) is 1. The number of aromatic nitrogens is 2. The molecule has 1 unspecified atom stereocenters. The number of aromatic amines is 1. The van der Waals surface area contributed by atoms with Crippen molar-refractivity contribution in [3.63, 3.8) is 0 Å². The van der Waals surface area contributed by atoms with Gasteiger partial charge in [-0.15, -0.1) is 0 Å². The van der Waals surface area contributed by atoms with Crippen LogP contribution in [-0.4, -0.2) is 21.7 Å². The number of imidazole rings is 1. The molecule has 0 radical (unpaired) electrons. The quantitative estimate of drug-likeness (QED) is 0.763. The average molecular weight is 274 g/mol. The summed E-state index contributed by atoms with van der Waals surface area (Å²) in [7, 11) is 0. The molecule has 0 amide bonds. The van der Waals surface area contributed by atoms with E-state index in [-0.39, 0.29) is 5.92 Å². The van der Waals surface area contributed by atoms with Gasteiger partial charge in [0.1, 0.15) is 5.75 Å². The third-order valence-electron chi connectivity index (χ3n) is 3.27. The molecule has 4 heteroatoms. The lowest BCUT2D eigenvalue weighted by Crippen LogP contribution is -2.05. The van der Waals surface area contributed by atoms with Crippen molar-refractivity contribution in [1.29, 1.82) is 0 Å². The topological polar surface area (TPSA) is 58.1 Å². The highest BCUT2D eigenvalue weighted by molar-refractivity contribution is 5.28. The number of hydrogen-bond donors (Lipinski definition) is 2. The largest absolute Gasteiger partial charge is 0.494 e. The van der Waals surface area contributed by atoms with Gasteiger partial charge < -0.3 is 14.8 Å². The molecule has 0 bridgehead atoms. The van der Waals surface area contributed by atoms with E-state index in [4.69, 9.17) is 4.74 Å². The minimum absolute atomic E-state index is 0.219. The Morgan fingerprint density at radius 1 is 1.25 bits per heavy atom. The van der Waals surface area contributed by atoms with Crippen LogP contribution in [0.1, 0.15) is 37.6 Å². The first-order valence-corrected chi connectivity index (χ1v) is 7.05. The van der Waals surface area contributed by atoms with Crippen LogP contribution >= 0.6 is 0 Å². The molecule has 0 saturated heterocycles. The number of nitrogens with zero attached hydrogens (tertiary/aromatic N) is 1. The summed E-state index contributed by atoms with van der Waals surface area (Å²) in [5.41, 5.74) is 2.06. The molecule has 0 saturated carbocycles. The van der Waals surface area contributed by atoms with Crippen molar-refractivity contribution in [2.24, 2.45) is 5.92 Å². The molecule has 0 spiro atoms. The summed E-state index contributed by atoms with van der Waals surface area (Å²) in [6, 6.07) is 7.68. The molecule has 0 fully saturated rings. The normalized spacial score (nSPS) is 12.6. The fraction of sp³-hybridized carbons (Fsp3) is 0.438. The number of H-pyrrole nitrogens is 1.